The van der Waals surface area contributed by atoms with Crippen molar-refractivity contribution in [1.29, 1.82) is 0 Å². The van der Waals surface area contributed by atoms with E-state index in [-0.39, 0.29) is 25.2 Å². The summed E-state index contributed by atoms with van der Waals surface area (Å²) in [7, 11) is 0. The third kappa shape index (κ3) is 1.78. The Labute approximate surface area is 120 Å². The van der Waals surface area contributed by atoms with Gasteiger partial charge in [0.05, 0.1) is 11.1 Å². The highest BCUT2D eigenvalue weighted by Gasteiger charge is 2.27. The minimum Gasteiger partial charge on any atom is -0.457 e. The third-order valence-electron chi connectivity index (χ3n) is 3.62. The number of hydrogen-bond acceptors (Lipinski definition) is 5. The fourth-order valence-electron chi connectivity index (χ4n) is 2.55. The van der Waals surface area contributed by atoms with Gasteiger partial charge >= 0.3 is 11.9 Å². The van der Waals surface area contributed by atoms with Gasteiger partial charge in [0, 0.05) is 11.1 Å². The Bertz CT molecular complexity index is 713. The predicted octanol–water partition coefficient (Wildman–Crippen LogP) is 2.82. The zero-order valence-corrected chi connectivity index (χ0v) is 10.9. The van der Waals surface area contributed by atoms with E-state index in [0.29, 0.717) is 22.6 Å². The van der Waals surface area contributed by atoms with Gasteiger partial charge in [0.1, 0.15) is 24.7 Å². The lowest BCUT2D eigenvalue weighted by Crippen LogP contribution is -1.96. The van der Waals surface area contributed by atoms with Crippen LogP contribution < -0.4 is 4.74 Å². The maximum Gasteiger partial charge on any atom is 0.339 e. The lowest BCUT2D eigenvalue weighted by atomic mass is 10.1. The molecule has 2 aliphatic rings. The van der Waals surface area contributed by atoms with Gasteiger partial charge in [-0.15, -0.1) is 0 Å². The van der Waals surface area contributed by atoms with Crippen molar-refractivity contribution in [1.82, 2.24) is 0 Å². The van der Waals surface area contributed by atoms with Crippen molar-refractivity contribution in [2.45, 2.75) is 13.2 Å². The standard InChI is InChI=1S/C16H10O5/c17-15-9-3-1-5-13(11(9)7-19-15)21-14-6-2-4-10-12(14)8-20-16(10)18/h1-6H,7-8H2. The Morgan fingerprint density at radius 3 is 1.71 bits per heavy atom. The van der Waals surface area contributed by atoms with Crippen LogP contribution in [0, 0.1) is 0 Å². The Hall–Kier alpha value is -2.82. The molecular weight excluding hydrogens is 272 g/mol. The third-order valence-corrected chi connectivity index (χ3v) is 3.62. The molecule has 5 heteroatoms. The lowest BCUT2D eigenvalue weighted by Gasteiger charge is -2.11. The molecule has 0 saturated carbocycles. The van der Waals surface area contributed by atoms with Gasteiger partial charge in [-0.25, -0.2) is 9.59 Å². The predicted molar refractivity (Wildman–Crippen MR) is 71.2 cm³/mol. The van der Waals surface area contributed by atoms with Crippen molar-refractivity contribution in [3.8, 4) is 11.5 Å². The van der Waals surface area contributed by atoms with Crippen LogP contribution in [0.5, 0.6) is 11.5 Å². The maximum absolute atomic E-state index is 11.6. The molecule has 0 N–H and O–H groups in total. The molecule has 2 aromatic carbocycles. The maximum atomic E-state index is 11.6. The van der Waals surface area contributed by atoms with E-state index in [1.165, 1.54) is 0 Å². The van der Waals surface area contributed by atoms with Crippen molar-refractivity contribution >= 4 is 11.9 Å². The van der Waals surface area contributed by atoms with Crippen molar-refractivity contribution in [2.24, 2.45) is 0 Å². The SMILES string of the molecule is O=C1OCc2c(Oc3cccc4c3COC4=O)cccc21. The van der Waals surface area contributed by atoms with E-state index in [0.717, 1.165) is 11.1 Å². The summed E-state index contributed by atoms with van der Waals surface area (Å²) in [5.74, 6) is 0.441. The monoisotopic (exact) mass is 282 g/mol. The summed E-state index contributed by atoms with van der Waals surface area (Å²) in [6.45, 7) is 0.406. The Morgan fingerprint density at radius 2 is 1.24 bits per heavy atom. The molecule has 0 unspecified atom stereocenters. The van der Waals surface area contributed by atoms with Crippen molar-refractivity contribution in [2.75, 3.05) is 0 Å². The first-order chi connectivity index (χ1) is 10.2. The molecule has 0 radical (unpaired) electrons. The molecule has 0 bridgehead atoms. The molecule has 5 nitrogen and oxygen atoms in total. The second-order valence-electron chi connectivity index (χ2n) is 4.82. The molecular formula is C16H10O5. The average Bonchev–Trinajstić information content (AvgIpc) is 3.06. The minimum absolute atomic E-state index is 0.203. The molecule has 0 spiro atoms. The molecule has 2 aromatic rings. The topological polar surface area (TPSA) is 61.8 Å². The van der Waals surface area contributed by atoms with Gasteiger partial charge in [0.2, 0.25) is 0 Å². The smallest absolute Gasteiger partial charge is 0.339 e. The highest BCUT2D eigenvalue weighted by Crippen LogP contribution is 2.36. The van der Waals surface area contributed by atoms with Crippen molar-refractivity contribution in [3.63, 3.8) is 0 Å². The van der Waals surface area contributed by atoms with Crippen LogP contribution in [0.4, 0.5) is 0 Å². The van der Waals surface area contributed by atoms with Crippen LogP contribution in [-0.4, -0.2) is 11.9 Å². The highest BCUT2D eigenvalue weighted by atomic mass is 16.5. The van der Waals surface area contributed by atoms with Crippen LogP contribution in [-0.2, 0) is 22.7 Å². The van der Waals surface area contributed by atoms with Crippen LogP contribution in [0.1, 0.15) is 31.8 Å². The first-order valence-electron chi connectivity index (χ1n) is 6.50. The van der Waals surface area contributed by atoms with Gasteiger partial charge in [-0.2, -0.15) is 0 Å². The largest absolute Gasteiger partial charge is 0.457 e. The van der Waals surface area contributed by atoms with Gasteiger partial charge in [-0.3, -0.25) is 0 Å². The van der Waals surface area contributed by atoms with Crippen molar-refractivity contribution in [3.05, 3.63) is 58.7 Å². The highest BCUT2D eigenvalue weighted by molar-refractivity contribution is 5.95. The van der Waals surface area contributed by atoms with Gasteiger partial charge in [-0.1, -0.05) is 12.1 Å². The average molecular weight is 282 g/mol. The minimum atomic E-state index is -0.341. The van der Waals surface area contributed by atoms with Crippen LogP contribution in [0.25, 0.3) is 0 Å². The first-order valence-corrected chi connectivity index (χ1v) is 6.50. The fraction of sp³-hybridized carbons (Fsp3) is 0.125. The molecule has 21 heavy (non-hydrogen) atoms. The number of esters is 2. The Balaban J connectivity index is 1.76. The van der Waals surface area contributed by atoms with Crippen LogP contribution in [0.15, 0.2) is 36.4 Å². The number of fused-ring (bicyclic) bond motifs is 2. The van der Waals surface area contributed by atoms with Crippen LogP contribution >= 0.6 is 0 Å². The molecule has 0 saturated heterocycles. The van der Waals surface area contributed by atoms with E-state index in [4.69, 9.17) is 14.2 Å². The molecule has 0 fully saturated rings. The zero-order valence-electron chi connectivity index (χ0n) is 10.9. The summed E-state index contributed by atoms with van der Waals surface area (Å²) in [4.78, 5) is 23.1. The number of rotatable bonds is 2. The summed E-state index contributed by atoms with van der Waals surface area (Å²) in [5.41, 5.74) is 2.50. The lowest BCUT2D eigenvalue weighted by molar-refractivity contribution is 0.0526. The normalized spacial score (nSPS) is 15.2. The zero-order chi connectivity index (χ0) is 14.4. The van der Waals surface area contributed by atoms with E-state index in [9.17, 15) is 9.59 Å². The summed E-state index contributed by atoms with van der Waals surface area (Å²) in [6, 6.07) is 10.5. The van der Waals surface area contributed by atoms with Crippen molar-refractivity contribution < 1.29 is 23.8 Å². The summed E-state index contributed by atoms with van der Waals surface area (Å²) >= 11 is 0. The quantitative estimate of drug-likeness (QED) is 0.793. The van der Waals surface area contributed by atoms with E-state index in [1.54, 1.807) is 36.4 Å². The van der Waals surface area contributed by atoms with Gasteiger partial charge in [-0.05, 0) is 24.3 Å². The number of hydrogen-bond donors (Lipinski definition) is 0. The second-order valence-corrected chi connectivity index (χ2v) is 4.82. The summed E-state index contributed by atoms with van der Waals surface area (Å²) < 4.78 is 15.9. The van der Waals surface area contributed by atoms with Crippen LogP contribution in [0.2, 0.25) is 0 Å². The first kappa shape index (κ1) is 12.0. The molecule has 0 amide bonds. The Morgan fingerprint density at radius 1 is 0.762 bits per heavy atom. The molecule has 2 aliphatic heterocycles. The summed E-state index contributed by atoms with van der Waals surface area (Å²) in [5, 5.41) is 0. The Kier molecular flexibility index (Phi) is 2.47. The number of benzene rings is 2. The van der Waals surface area contributed by atoms with E-state index >= 15 is 0 Å². The number of cyclic esters (lactones) is 2. The summed E-state index contributed by atoms with van der Waals surface area (Å²) in [6.07, 6.45) is 0. The molecule has 0 aliphatic carbocycles. The second kappa shape index (κ2) is 4.34. The molecule has 0 aromatic heterocycles. The van der Waals surface area contributed by atoms with E-state index < -0.39 is 0 Å². The van der Waals surface area contributed by atoms with E-state index in [1.807, 2.05) is 0 Å². The van der Waals surface area contributed by atoms with Crippen LogP contribution in [0.3, 0.4) is 0 Å². The number of ether oxygens (including phenoxy) is 3. The van der Waals surface area contributed by atoms with Gasteiger partial charge < -0.3 is 14.2 Å². The molecule has 2 heterocycles. The van der Waals surface area contributed by atoms with Gasteiger partial charge in [0.25, 0.3) is 0 Å². The van der Waals surface area contributed by atoms with E-state index in [2.05, 4.69) is 0 Å². The number of carbonyl (C=O) groups excluding carboxylic acids is 2. The molecule has 0 atom stereocenters. The van der Waals surface area contributed by atoms with Gasteiger partial charge in [0.15, 0.2) is 0 Å². The fourth-order valence-corrected chi connectivity index (χ4v) is 2.55. The number of carbonyl (C=O) groups is 2. The molecule has 4 rings (SSSR count). The molecule has 104 valence electrons.